The van der Waals surface area contributed by atoms with Gasteiger partial charge in [0.05, 0.1) is 0 Å². The van der Waals surface area contributed by atoms with Crippen LogP contribution in [0.25, 0.3) is 0 Å². The minimum atomic E-state index is 0.757. The zero-order chi connectivity index (χ0) is 18.8. The van der Waals surface area contributed by atoms with E-state index in [-0.39, 0.29) is 0 Å². The van der Waals surface area contributed by atoms with Gasteiger partial charge in [-0.15, -0.1) is 0 Å². The summed E-state index contributed by atoms with van der Waals surface area (Å²) in [6, 6.07) is 15.3. The fourth-order valence-electron chi connectivity index (χ4n) is 2.66. The van der Waals surface area contributed by atoms with Crippen molar-refractivity contribution in [2.24, 2.45) is 0 Å². The first-order valence-electron chi connectivity index (χ1n) is 8.52. The number of anilines is 2. The quantitative estimate of drug-likeness (QED) is 0.596. The second kappa shape index (κ2) is 7.00. The van der Waals surface area contributed by atoms with Crippen LogP contribution in [0.3, 0.4) is 0 Å². The van der Waals surface area contributed by atoms with Crippen LogP contribution in [0.4, 0.5) is 11.4 Å². The van der Waals surface area contributed by atoms with Crippen molar-refractivity contribution in [3.05, 3.63) is 70.8 Å². The summed E-state index contributed by atoms with van der Waals surface area (Å²) in [6.07, 6.45) is 0. The molecule has 0 aliphatic heterocycles. The number of rotatable bonds is 4. The van der Waals surface area contributed by atoms with E-state index in [4.69, 9.17) is 20.9 Å². The predicted octanol–water partition coefficient (Wildman–Crippen LogP) is 5.67. The highest BCUT2D eigenvalue weighted by atomic mass is 16.5. The van der Waals surface area contributed by atoms with Crippen molar-refractivity contribution in [1.82, 2.24) is 0 Å². The van der Waals surface area contributed by atoms with E-state index in [2.05, 4.69) is 0 Å². The summed E-state index contributed by atoms with van der Waals surface area (Å²) in [6.45, 7) is 7.93. The van der Waals surface area contributed by atoms with Crippen molar-refractivity contribution in [2.45, 2.75) is 27.7 Å². The highest BCUT2D eigenvalue weighted by Crippen LogP contribution is 2.34. The van der Waals surface area contributed by atoms with Crippen molar-refractivity contribution >= 4 is 11.4 Å². The number of benzene rings is 3. The van der Waals surface area contributed by atoms with Gasteiger partial charge in [-0.05, 0) is 98.5 Å². The van der Waals surface area contributed by atoms with E-state index in [1.807, 2.05) is 76.2 Å². The molecule has 26 heavy (non-hydrogen) atoms. The van der Waals surface area contributed by atoms with Gasteiger partial charge in [-0.3, -0.25) is 0 Å². The van der Waals surface area contributed by atoms with E-state index in [9.17, 15) is 0 Å². The molecule has 0 atom stereocenters. The van der Waals surface area contributed by atoms with Crippen LogP contribution in [0.5, 0.6) is 23.0 Å². The summed E-state index contributed by atoms with van der Waals surface area (Å²) in [5.74, 6) is 3.13. The van der Waals surface area contributed by atoms with E-state index in [0.717, 1.165) is 56.6 Å². The summed E-state index contributed by atoms with van der Waals surface area (Å²) >= 11 is 0. The van der Waals surface area contributed by atoms with Gasteiger partial charge in [-0.2, -0.15) is 0 Å². The summed E-state index contributed by atoms with van der Waals surface area (Å²) in [7, 11) is 0. The zero-order valence-electron chi connectivity index (χ0n) is 15.6. The van der Waals surface area contributed by atoms with Gasteiger partial charge in [0, 0.05) is 11.4 Å². The van der Waals surface area contributed by atoms with Crippen molar-refractivity contribution < 1.29 is 9.47 Å². The number of hydrogen-bond acceptors (Lipinski definition) is 4. The van der Waals surface area contributed by atoms with Crippen LogP contribution >= 0.6 is 0 Å². The van der Waals surface area contributed by atoms with Crippen molar-refractivity contribution in [3.63, 3.8) is 0 Å². The largest absolute Gasteiger partial charge is 0.457 e. The molecule has 3 aromatic carbocycles. The van der Waals surface area contributed by atoms with Crippen molar-refractivity contribution in [2.75, 3.05) is 11.5 Å². The van der Waals surface area contributed by atoms with Crippen LogP contribution in [0.15, 0.2) is 48.5 Å². The molecule has 0 saturated heterocycles. The summed E-state index contributed by atoms with van der Waals surface area (Å²) < 4.78 is 12.1. The molecule has 0 spiro atoms. The average molecular weight is 348 g/mol. The molecule has 4 nitrogen and oxygen atoms in total. The van der Waals surface area contributed by atoms with Gasteiger partial charge in [0.1, 0.15) is 23.0 Å². The van der Waals surface area contributed by atoms with Crippen LogP contribution in [0, 0.1) is 27.7 Å². The SMILES string of the molecule is Cc1cc(Oc2cc(C)c(Oc3ccc(N)c(C)c3)cc2C)ccc1N. The third kappa shape index (κ3) is 3.75. The molecule has 0 fully saturated rings. The van der Waals surface area contributed by atoms with Gasteiger partial charge in [0.25, 0.3) is 0 Å². The van der Waals surface area contributed by atoms with Crippen LogP contribution in [-0.4, -0.2) is 0 Å². The normalized spacial score (nSPS) is 10.6. The summed E-state index contributed by atoms with van der Waals surface area (Å²) in [5, 5.41) is 0. The van der Waals surface area contributed by atoms with E-state index >= 15 is 0 Å². The van der Waals surface area contributed by atoms with Crippen LogP contribution in [-0.2, 0) is 0 Å². The number of nitrogens with two attached hydrogens (primary N) is 2. The second-order valence-electron chi connectivity index (χ2n) is 6.62. The first kappa shape index (κ1) is 17.7. The maximum atomic E-state index is 6.04. The van der Waals surface area contributed by atoms with E-state index in [1.54, 1.807) is 0 Å². The first-order valence-corrected chi connectivity index (χ1v) is 8.52. The predicted molar refractivity (Wildman–Crippen MR) is 107 cm³/mol. The lowest BCUT2D eigenvalue weighted by atomic mass is 10.1. The maximum Gasteiger partial charge on any atom is 0.130 e. The average Bonchev–Trinajstić information content (AvgIpc) is 2.59. The van der Waals surface area contributed by atoms with Crippen LogP contribution < -0.4 is 20.9 Å². The molecule has 0 radical (unpaired) electrons. The molecule has 0 bridgehead atoms. The zero-order valence-corrected chi connectivity index (χ0v) is 15.6. The molecular weight excluding hydrogens is 324 g/mol. The molecule has 0 aliphatic rings. The molecule has 0 heterocycles. The lowest BCUT2D eigenvalue weighted by molar-refractivity contribution is 0.463. The van der Waals surface area contributed by atoms with Gasteiger partial charge in [0.15, 0.2) is 0 Å². The van der Waals surface area contributed by atoms with Crippen LogP contribution in [0.1, 0.15) is 22.3 Å². The van der Waals surface area contributed by atoms with E-state index in [0.29, 0.717) is 0 Å². The fourth-order valence-corrected chi connectivity index (χ4v) is 2.66. The number of ether oxygens (including phenoxy) is 2. The molecule has 3 aromatic rings. The van der Waals surface area contributed by atoms with Gasteiger partial charge in [-0.25, -0.2) is 0 Å². The Kier molecular flexibility index (Phi) is 4.76. The van der Waals surface area contributed by atoms with E-state index < -0.39 is 0 Å². The number of hydrogen-bond donors (Lipinski definition) is 2. The smallest absolute Gasteiger partial charge is 0.130 e. The Labute approximate surface area is 154 Å². The Hall–Kier alpha value is -3.14. The Morgan fingerprint density at radius 2 is 0.923 bits per heavy atom. The first-order chi connectivity index (χ1) is 12.3. The monoisotopic (exact) mass is 348 g/mol. The minimum Gasteiger partial charge on any atom is -0.457 e. The molecule has 0 aliphatic carbocycles. The second-order valence-corrected chi connectivity index (χ2v) is 6.62. The Morgan fingerprint density at radius 1 is 0.538 bits per heavy atom. The summed E-state index contributed by atoms with van der Waals surface area (Å²) in [4.78, 5) is 0. The molecule has 4 N–H and O–H groups in total. The standard InChI is InChI=1S/C22H24N2O2/c1-13-9-17(5-7-19(13)23)25-21-11-16(4)22(12-15(21)3)26-18-6-8-20(24)14(2)10-18/h5-12H,23-24H2,1-4H3. The Morgan fingerprint density at radius 3 is 1.27 bits per heavy atom. The Bertz CT molecular complexity index is 885. The van der Waals surface area contributed by atoms with Gasteiger partial charge in [0.2, 0.25) is 0 Å². The lowest BCUT2D eigenvalue weighted by Gasteiger charge is -2.15. The molecule has 0 amide bonds. The van der Waals surface area contributed by atoms with Gasteiger partial charge >= 0.3 is 0 Å². The van der Waals surface area contributed by atoms with Crippen molar-refractivity contribution in [3.8, 4) is 23.0 Å². The number of nitrogen functional groups attached to an aromatic ring is 2. The van der Waals surface area contributed by atoms with Gasteiger partial charge in [-0.1, -0.05) is 0 Å². The molecule has 0 unspecified atom stereocenters. The van der Waals surface area contributed by atoms with E-state index in [1.165, 1.54) is 0 Å². The van der Waals surface area contributed by atoms with Crippen molar-refractivity contribution in [1.29, 1.82) is 0 Å². The van der Waals surface area contributed by atoms with Crippen LogP contribution in [0.2, 0.25) is 0 Å². The molecular formula is C22H24N2O2. The molecule has 4 heteroatoms. The summed E-state index contributed by atoms with van der Waals surface area (Å²) in [5.41, 5.74) is 17.2. The highest BCUT2D eigenvalue weighted by molar-refractivity contribution is 5.54. The highest BCUT2D eigenvalue weighted by Gasteiger charge is 2.10. The fraction of sp³-hybridized carbons (Fsp3) is 0.182. The maximum absolute atomic E-state index is 6.04. The lowest BCUT2D eigenvalue weighted by Crippen LogP contribution is -1.95. The number of aryl methyl sites for hydroxylation is 4. The topological polar surface area (TPSA) is 70.5 Å². The van der Waals surface area contributed by atoms with Gasteiger partial charge < -0.3 is 20.9 Å². The molecule has 0 saturated carbocycles. The minimum absolute atomic E-state index is 0.757. The Balaban J connectivity index is 1.85. The molecule has 3 rings (SSSR count). The molecule has 134 valence electrons. The molecule has 0 aromatic heterocycles. The third-order valence-electron chi connectivity index (χ3n) is 4.41. The third-order valence-corrected chi connectivity index (χ3v) is 4.41.